The van der Waals surface area contributed by atoms with Gasteiger partial charge >= 0.3 is 0 Å². The van der Waals surface area contributed by atoms with Gasteiger partial charge in [0, 0.05) is 11.5 Å². The summed E-state index contributed by atoms with van der Waals surface area (Å²) in [6, 6.07) is 10.9. The molecule has 8 heteroatoms. The fourth-order valence-electron chi connectivity index (χ4n) is 3.04. The van der Waals surface area contributed by atoms with Crippen molar-refractivity contribution in [3.05, 3.63) is 71.7 Å². The van der Waals surface area contributed by atoms with E-state index in [-0.39, 0.29) is 6.61 Å². The fraction of sp³-hybridized carbons (Fsp3) is 0.190. The minimum Gasteiger partial charge on any atom is -0.489 e. The number of rotatable bonds is 6. The molecule has 1 heterocycles. The summed E-state index contributed by atoms with van der Waals surface area (Å²) < 4.78 is 12.5. The monoisotopic (exact) mass is 575 g/mol. The maximum atomic E-state index is 6.40. The van der Waals surface area contributed by atoms with Crippen LogP contribution < -0.4 is 4.74 Å². The first-order chi connectivity index (χ1) is 13.9. The van der Waals surface area contributed by atoms with Crippen LogP contribution in [0.15, 0.2) is 44.3 Å². The van der Waals surface area contributed by atoms with E-state index in [1.807, 2.05) is 18.2 Å². The first kappa shape index (κ1) is 21.3. The third-order valence-electron chi connectivity index (χ3n) is 4.59. The normalized spacial score (nSPS) is 13.4. The summed E-state index contributed by atoms with van der Waals surface area (Å²) in [6.07, 6.45) is 4.02. The standard InChI is InChI=1S/C21H14Br2Cl3NO2/c22-18(23)8-12-6-7-13(9-17(12)26)28-10-14-20(27-29-21(14)11-4-5-11)19-15(24)2-1-3-16(19)25/h1-3,6-9,11H,4-5,10H2. The lowest BCUT2D eigenvalue weighted by atomic mass is 10.0. The van der Waals surface area contributed by atoms with Crippen LogP contribution in [-0.4, -0.2) is 5.16 Å². The van der Waals surface area contributed by atoms with Crippen LogP contribution in [0.25, 0.3) is 17.3 Å². The summed E-state index contributed by atoms with van der Waals surface area (Å²) in [5.74, 6) is 1.85. The molecule has 0 amide bonds. The lowest BCUT2D eigenvalue weighted by molar-refractivity contribution is 0.300. The van der Waals surface area contributed by atoms with Crippen LogP contribution in [-0.2, 0) is 6.61 Å². The molecule has 29 heavy (non-hydrogen) atoms. The molecule has 0 bridgehead atoms. The van der Waals surface area contributed by atoms with Crippen molar-refractivity contribution in [2.45, 2.75) is 25.4 Å². The third-order valence-corrected chi connectivity index (χ3v) is 6.00. The number of benzene rings is 2. The molecule has 3 nitrogen and oxygen atoms in total. The largest absolute Gasteiger partial charge is 0.489 e. The molecule has 1 saturated carbocycles. The van der Waals surface area contributed by atoms with Gasteiger partial charge in [-0.25, -0.2) is 0 Å². The van der Waals surface area contributed by atoms with E-state index < -0.39 is 0 Å². The molecule has 4 rings (SSSR count). The van der Waals surface area contributed by atoms with Gasteiger partial charge in [-0.3, -0.25) is 0 Å². The van der Waals surface area contributed by atoms with E-state index in [2.05, 4.69) is 37.0 Å². The minimum absolute atomic E-state index is 0.278. The van der Waals surface area contributed by atoms with Crippen molar-refractivity contribution < 1.29 is 9.26 Å². The summed E-state index contributed by atoms with van der Waals surface area (Å²) in [6.45, 7) is 0.278. The Morgan fingerprint density at radius 2 is 1.83 bits per heavy atom. The van der Waals surface area contributed by atoms with Crippen LogP contribution in [0.2, 0.25) is 15.1 Å². The summed E-state index contributed by atoms with van der Waals surface area (Å²) in [5, 5.41) is 5.91. The first-order valence-corrected chi connectivity index (χ1v) is 11.5. The van der Waals surface area contributed by atoms with Crippen molar-refractivity contribution in [3.8, 4) is 17.0 Å². The molecule has 0 unspecified atom stereocenters. The molecule has 1 aliphatic carbocycles. The van der Waals surface area contributed by atoms with E-state index in [1.165, 1.54) is 0 Å². The first-order valence-electron chi connectivity index (χ1n) is 8.82. The van der Waals surface area contributed by atoms with Gasteiger partial charge in [0.2, 0.25) is 0 Å². The SMILES string of the molecule is Clc1cc(OCc2c(-c3c(Cl)cccc3Cl)noc2C2CC2)ccc1C=C(Br)Br. The van der Waals surface area contributed by atoms with E-state index in [9.17, 15) is 0 Å². The molecular weight excluding hydrogens is 564 g/mol. The highest BCUT2D eigenvalue weighted by atomic mass is 79.9. The highest BCUT2D eigenvalue weighted by Crippen LogP contribution is 2.46. The average Bonchev–Trinajstić information content (AvgIpc) is 3.43. The number of nitrogens with zero attached hydrogens (tertiary/aromatic N) is 1. The number of aromatic nitrogens is 1. The average molecular weight is 579 g/mol. The summed E-state index contributed by atoms with van der Waals surface area (Å²) >= 11 is 25.8. The summed E-state index contributed by atoms with van der Waals surface area (Å²) in [7, 11) is 0. The van der Waals surface area contributed by atoms with Crippen LogP contribution in [0.4, 0.5) is 0 Å². The lowest BCUT2D eigenvalue weighted by Gasteiger charge is -2.10. The van der Waals surface area contributed by atoms with Crippen molar-refractivity contribution in [1.82, 2.24) is 5.16 Å². The van der Waals surface area contributed by atoms with Crippen LogP contribution in [0, 0.1) is 0 Å². The predicted octanol–water partition coefficient (Wildman–Crippen LogP) is 8.85. The second-order valence-electron chi connectivity index (χ2n) is 6.65. The Hall–Kier alpha value is -0.980. The minimum atomic E-state index is 0.278. The Kier molecular flexibility index (Phi) is 6.62. The molecule has 150 valence electrons. The molecule has 0 atom stereocenters. The molecular formula is C21H14Br2Cl3NO2. The van der Waals surface area contributed by atoms with Crippen molar-refractivity contribution in [2.24, 2.45) is 0 Å². The molecule has 0 aliphatic heterocycles. The Bertz CT molecular complexity index is 1070. The molecule has 0 saturated heterocycles. The van der Waals surface area contributed by atoms with Gasteiger partial charge in [0.15, 0.2) is 0 Å². The zero-order valence-corrected chi connectivity index (χ0v) is 20.3. The zero-order chi connectivity index (χ0) is 20.5. The molecule has 0 radical (unpaired) electrons. The van der Waals surface area contributed by atoms with E-state index in [0.29, 0.717) is 38.0 Å². The smallest absolute Gasteiger partial charge is 0.147 e. The molecule has 0 spiro atoms. The second-order valence-corrected chi connectivity index (χ2v) is 10.6. The zero-order valence-electron chi connectivity index (χ0n) is 14.9. The molecule has 3 aromatic rings. The van der Waals surface area contributed by atoms with Gasteiger partial charge < -0.3 is 9.26 Å². The third kappa shape index (κ3) is 4.86. The van der Waals surface area contributed by atoms with Gasteiger partial charge in [-0.2, -0.15) is 0 Å². The summed E-state index contributed by atoms with van der Waals surface area (Å²) in [4.78, 5) is 0. The van der Waals surface area contributed by atoms with Gasteiger partial charge in [-0.05, 0) is 86.7 Å². The maximum absolute atomic E-state index is 6.40. The van der Waals surface area contributed by atoms with Crippen molar-refractivity contribution >= 4 is 72.7 Å². The molecule has 1 aromatic heterocycles. The fourth-order valence-corrected chi connectivity index (χ4v) is 4.33. The second kappa shape index (κ2) is 9.03. The van der Waals surface area contributed by atoms with Crippen LogP contribution in [0.1, 0.15) is 35.6 Å². The Morgan fingerprint density at radius 1 is 1.10 bits per heavy atom. The quantitative estimate of drug-likeness (QED) is 0.293. The van der Waals surface area contributed by atoms with Gasteiger partial charge in [-0.1, -0.05) is 46.0 Å². The number of halogens is 5. The van der Waals surface area contributed by atoms with Crippen molar-refractivity contribution in [1.29, 1.82) is 0 Å². The maximum Gasteiger partial charge on any atom is 0.147 e. The number of ether oxygens (including phenoxy) is 1. The van der Waals surface area contributed by atoms with Crippen molar-refractivity contribution in [3.63, 3.8) is 0 Å². The van der Waals surface area contributed by atoms with E-state index in [4.69, 9.17) is 44.1 Å². The number of hydrogen-bond donors (Lipinski definition) is 0. The van der Waals surface area contributed by atoms with E-state index in [1.54, 1.807) is 24.3 Å². The van der Waals surface area contributed by atoms with E-state index >= 15 is 0 Å². The van der Waals surface area contributed by atoms with Gasteiger partial charge in [0.05, 0.1) is 24.0 Å². The topological polar surface area (TPSA) is 35.3 Å². The van der Waals surface area contributed by atoms with E-state index in [0.717, 1.165) is 33.1 Å². The predicted molar refractivity (Wildman–Crippen MR) is 126 cm³/mol. The lowest BCUT2D eigenvalue weighted by Crippen LogP contribution is -2.00. The highest BCUT2D eigenvalue weighted by molar-refractivity contribution is 9.28. The Morgan fingerprint density at radius 3 is 2.45 bits per heavy atom. The van der Waals surface area contributed by atoms with Crippen LogP contribution >= 0.6 is 66.7 Å². The van der Waals surface area contributed by atoms with Gasteiger partial charge in [0.25, 0.3) is 0 Å². The molecule has 1 aliphatic rings. The van der Waals surface area contributed by atoms with Crippen molar-refractivity contribution in [2.75, 3.05) is 0 Å². The van der Waals surface area contributed by atoms with Crippen LogP contribution in [0.3, 0.4) is 0 Å². The highest BCUT2D eigenvalue weighted by Gasteiger charge is 2.33. The van der Waals surface area contributed by atoms with Gasteiger partial charge in [0.1, 0.15) is 23.8 Å². The molecule has 0 N–H and O–H groups in total. The molecule has 2 aromatic carbocycles. The molecule has 1 fully saturated rings. The van der Waals surface area contributed by atoms with Crippen LogP contribution in [0.5, 0.6) is 5.75 Å². The summed E-state index contributed by atoms with van der Waals surface area (Å²) in [5.41, 5.74) is 3.02. The Balaban J connectivity index is 1.64. The van der Waals surface area contributed by atoms with Gasteiger partial charge in [-0.15, -0.1) is 0 Å². The Labute approximate surface area is 200 Å². The number of hydrogen-bond acceptors (Lipinski definition) is 3.